The second-order valence-corrected chi connectivity index (χ2v) is 11.0. The number of likely N-dealkylation sites (N-methyl/N-ethyl adjacent to an activating group) is 1. The first-order valence-electron chi connectivity index (χ1n) is 10.6. The molecule has 0 N–H and O–H groups in total. The van der Waals surface area contributed by atoms with Crippen molar-refractivity contribution >= 4 is 11.6 Å². The summed E-state index contributed by atoms with van der Waals surface area (Å²) in [7, 11) is 4.12. The third-order valence-corrected chi connectivity index (χ3v) is 10.9. The van der Waals surface area contributed by atoms with E-state index in [4.69, 9.17) is 21.1 Å². The fourth-order valence-corrected chi connectivity index (χ4v) is 10.3. The van der Waals surface area contributed by atoms with Gasteiger partial charge in [-0.3, -0.25) is 4.90 Å². The van der Waals surface area contributed by atoms with E-state index < -0.39 is 0 Å². The highest BCUT2D eigenvalue weighted by molar-refractivity contribution is 6.26. The zero-order valence-electron chi connectivity index (χ0n) is 16.0. The second-order valence-electron chi connectivity index (χ2n) is 10.3. The average molecular weight is 385 g/mol. The summed E-state index contributed by atoms with van der Waals surface area (Å²) in [6, 6.07) is 6.79. The molecule has 142 valence electrons. The van der Waals surface area contributed by atoms with Gasteiger partial charge in [0.2, 0.25) is 0 Å². The molecule has 4 unspecified atom stereocenters. The Bertz CT molecular complexity index is 952. The highest BCUT2D eigenvalue weighted by Gasteiger charge is 2.95. The smallest absolute Gasteiger partial charge is 0.165 e. The zero-order valence-corrected chi connectivity index (χ0v) is 16.8. The molecule has 1 aromatic rings. The van der Waals surface area contributed by atoms with Gasteiger partial charge >= 0.3 is 0 Å². The predicted octanol–water partition coefficient (Wildman–Crippen LogP) is 2.41. The van der Waals surface area contributed by atoms with E-state index in [9.17, 15) is 0 Å². The monoisotopic (exact) mass is 384 g/mol. The number of benzene rings is 1. The van der Waals surface area contributed by atoms with Gasteiger partial charge < -0.3 is 14.4 Å². The van der Waals surface area contributed by atoms with Crippen molar-refractivity contribution in [2.24, 2.45) is 11.3 Å². The van der Waals surface area contributed by atoms with Crippen LogP contribution in [0.4, 0.5) is 0 Å². The molecule has 4 saturated heterocycles. The molecule has 4 aliphatic carbocycles. The first-order valence-corrected chi connectivity index (χ1v) is 10.9. The Morgan fingerprint density at radius 2 is 2.15 bits per heavy atom. The van der Waals surface area contributed by atoms with Crippen molar-refractivity contribution in [1.82, 2.24) is 9.80 Å². The van der Waals surface area contributed by atoms with E-state index in [1.165, 1.54) is 24.0 Å². The van der Waals surface area contributed by atoms with E-state index in [1.54, 1.807) is 7.11 Å². The first kappa shape index (κ1) is 14.9. The summed E-state index contributed by atoms with van der Waals surface area (Å²) in [5.41, 5.74) is 3.35. The Morgan fingerprint density at radius 1 is 1.30 bits per heavy atom. The zero-order chi connectivity index (χ0) is 18.1. The van der Waals surface area contributed by atoms with Crippen molar-refractivity contribution in [3.63, 3.8) is 0 Å². The van der Waals surface area contributed by atoms with E-state index in [0.717, 1.165) is 24.5 Å². The molecule has 0 aromatic heterocycles. The topological polar surface area (TPSA) is 24.7 Å². The standard InChI is InChI=1S/C22H25ClN2O2/c1-10-12-9-21-14-8-11-4-5-13(26-3)16-15(11)20(21,6-7-24(14)2)19(27-16)22(12,23)18-17(21)25(10)18/h4-5,10,12,14,17-19H,6-9H2,1-3H3/t10?,12-,14-,17?,18?,19-,20+,21-,22+,25?/m1/s1. The highest BCUT2D eigenvalue weighted by Crippen LogP contribution is 2.85. The van der Waals surface area contributed by atoms with E-state index in [1.807, 2.05) is 0 Å². The number of ether oxygens (including phenoxy) is 2. The van der Waals surface area contributed by atoms with Gasteiger partial charge in [-0.1, -0.05) is 6.07 Å². The number of hydrogen-bond acceptors (Lipinski definition) is 4. The fourth-order valence-electron chi connectivity index (χ4n) is 9.58. The van der Waals surface area contributed by atoms with Gasteiger partial charge in [-0.2, -0.15) is 0 Å². The van der Waals surface area contributed by atoms with Crippen LogP contribution in [-0.4, -0.2) is 65.6 Å². The summed E-state index contributed by atoms with van der Waals surface area (Å²) >= 11 is 7.66. The third-order valence-electron chi connectivity index (χ3n) is 10.2. The van der Waals surface area contributed by atoms with Gasteiger partial charge in [0, 0.05) is 40.6 Å². The molecular weight excluding hydrogens is 360 g/mol. The molecule has 9 aliphatic rings. The molecule has 3 saturated carbocycles. The molecule has 10 atom stereocenters. The predicted molar refractivity (Wildman–Crippen MR) is 102 cm³/mol. The lowest BCUT2D eigenvalue weighted by molar-refractivity contribution is -0.185. The molecule has 5 heterocycles. The summed E-state index contributed by atoms with van der Waals surface area (Å²) < 4.78 is 12.7. The summed E-state index contributed by atoms with van der Waals surface area (Å²) in [6.07, 6.45) is 3.70. The number of halogens is 1. The van der Waals surface area contributed by atoms with Gasteiger partial charge in [0.1, 0.15) is 11.0 Å². The molecule has 5 heteroatoms. The molecule has 5 aliphatic heterocycles. The molecule has 4 nitrogen and oxygen atoms in total. The molecule has 7 fully saturated rings. The number of alkyl halides is 1. The lowest BCUT2D eigenvalue weighted by Gasteiger charge is -2.73. The van der Waals surface area contributed by atoms with Crippen molar-refractivity contribution in [1.29, 1.82) is 0 Å². The Labute approximate surface area is 164 Å². The number of hydrogen-bond donors (Lipinski definition) is 0. The minimum atomic E-state index is -0.231. The Hall–Kier alpha value is -0.970. The quantitative estimate of drug-likeness (QED) is 0.548. The highest BCUT2D eigenvalue weighted by atomic mass is 35.5. The third kappa shape index (κ3) is 1.10. The molecular formula is C22H25ClN2O2. The van der Waals surface area contributed by atoms with Gasteiger partial charge in [-0.05, 0) is 57.3 Å². The number of rotatable bonds is 1. The SMILES string of the molecule is COc1ccc2c3c1O[C@H]1[C@@]4(Cl)C5C6N5C(C)[C@H]4C[C@@]64[C@@H](C2)N(C)CC[C@]314. The summed E-state index contributed by atoms with van der Waals surface area (Å²) in [4.78, 5) is 5.22. The van der Waals surface area contributed by atoms with Crippen molar-refractivity contribution in [2.75, 3.05) is 20.7 Å². The second kappa shape index (κ2) is 3.88. The van der Waals surface area contributed by atoms with Gasteiger partial charge in [0.05, 0.1) is 7.11 Å². The molecule has 27 heavy (non-hydrogen) atoms. The Morgan fingerprint density at radius 3 is 2.93 bits per heavy atom. The van der Waals surface area contributed by atoms with E-state index in [0.29, 0.717) is 35.5 Å². The number of piperidine rings is 3. The van der Waals surface area contributed by atoms with Crippen LogP contribution in [0.2, 0.25) is 0 Å². The molecule has 0 amide bonds. The van der Waals surface area contributed by atoms with Crippen LogP contribution in [0.15, 0.2) is 12.1 Å². The van der Waals surface area contributed by atoms with Crippen molar-refractivity contribution < 1.29 is 9.47 Å². The lowest BCUT2D eigenvalue weighted by atomic mass is 9.35. The van der Waals surface area contributed by atoms with E-state index in [-0.39, 0.29) is 16.4 Å². The maximum atomic E-state index is 7.66. The number of likely N-dealkylation sites (tertiary alicyclic amines) is 1. The van der Waals surface area contributed by atoms with E-state index >= 15 is 0 Å². The van der Waals surface area contributed by atoms with Crippen LogP contribution in [0, 0.1) is 11.3 Å². The molecule has 0 radical (unpaired) electrons. The summed E-state index contributed by atoms with van der Waals surface area (Å²) in [5, 5.41) is 0. The molecule has 2 spiro atoms. The van der Waals surface area contributed by atoms with Gasteiger partial charge in [0.15, 0.2) is 11.5 Å². The van der Waals surface area contributed by atoms with Gasteiger partial charge in [-0.25, -0.2) is 0 Å². The van der Waals surface area contributed by atoms with Gasteiger partial charge in [0.25, 0.3) is 0 Å². The van der Waals surface area contributed by atoms with Gasteiger partial charge in [-0.15, -0.1) is 11.6 Å². The first-order chi connectivity index (χ1) is 13.0. The van der Waals surface area contributed by atoms with Crippen LogP contribution in [0.25, 0.3) is 0 Å². The van der Waals surface area contributed by atoms with Crippen LogP contribution < -0.4 is 9.47 Å². The minimum absolute atomic E-state index is 0.0793. The largest absolute Gasteiger partial charge is 0.493 e. The fraction of sp³-hybridized carbons (Fsp3) is 0.727. The van der Waals surface area contributed by atoms with Crippen molar-refractivity contribution in [3.8, 4) is 11.5 Å². The van der Waals surface area contributed by atoms with Crippen LogP contribution >= 0.6 is 11.6 Å². The maximum Gasteiger partial charge on any atom is 0.165 e. The van der Waals surface area contributed by atoms with Crippen molar-refractivity contribution in [3.05, 3.63) is 23.3 Å². The number of nitrogens with zero attached hydrogens (tertiary/aromatic N) is 2. The Balaban J connectivity index is 1.51. The minimum Gasteiger partial charge on any atom is -0.493 e. The van der Waals surface area contributed by atoms with E-state index in [2.05, 4.69) is 35.9 Å². The van der Waals surface area contributed by atoms with Crippen LogP contribution in [0.1, 0.15) is 30.9 Å². The lowest BCUT2D eigenvalue weighted by Crippen LogP contribution is -2.83. The van der Waals surface area contributed by atoms with Crippen LogP contribution in [-0.2, 0) is 11.8 Å². The average Bonchev–Trinajstić information content (AvgIpc) is 3.29. The maximum absolute atomic E-state index is 7.66. The van der Waals surface area contributed by atoms with Crippen LogP contribution in [0.5, 0.6) is 11.5 Å². The normalized spacial score (nSPS) is 59.5. The summed E-state index contributed by atoms with van der Waals surface area (Å²) in [6.45, 7) is 3.55. The van der Waals surface area contributed by atoms with Crippen LogP contribution in [0.3, 0.4) is 0 Å². The van der Waals surface area contributed by atoms with Crippen molar-refractivity contribution in [2.45, 2.75) is 66.7 Å². The molecule has 1 aromatic carbocycles. The molecule has 8 bridgehead atoms. The Kier molecular flexibility index (Phi) is 2.15. The summed E-state index contributed by atoms with van der Waals surface area (Å²) in [5.74, 6) is 2.47. The number of methoxy groups -OCH3 is 1. The molecule has 10 rings (SSSR count).